The van der Waals surface area contributed by atoms with Gasteiger partial charge in [-0.3, -0.25) is 0 Å². The predicted molar refractivity (Wildman–Crippen MR) is 110 cm³/mol. The minimum atomic E-state index is -2.00. The summed E-state index contributed by atoms with van der Waals surface area (Å²) in [5, 5.41) is 3.90. The summed E-state index contributed by atoms with van der Waals surface area (Å²) in [6, 6.07) is 0. The van der Waals surface area contributed by atoms with E-state index in [1.807, 2.05) is 0 Å². The van der Waals surface area contributed by atoms with Gasteiger partial charge in [0.25, 0.3) is 0 Å². The third-order valence-corrected chi connectivity index (χ3v) is 29.9. The molecule has 3 N–H and O–H groups in total. The Morgan fingerprint density at radius 2 is 1.27 bits per heavy atom. The third-order valence-electron chi connectivity index (χ3n) is 4.96. The fraction of sp³-hybridized carbons (Fsp3) is 0.600. The molecule has 0 aromatic carbocycles. The van der Waals surface area contributed by atoms with Gasteiger partial charge in [0.05, 0.1) is 0 Å². The van der Waals surface area contributed by atoms with Crippen LogP contribution in [0.5, 0.6) is 0 Å². The van der Waals surface area contributed by atoms with E-state index in [2.05, 4.69) is 89.2 Å². The molecule has 0 aromatic heterocycles. The van der Waals surface area contributed by atoms with Crippen molar-refractivity contribution in [3.8, 4) is 10.3 Å². The maximum absolute atomic E-state index is 4.06. The zero-order valence-corrected chi connectivity index (χ0v) is 20.3. The fourth-order valence-corrected chi connectivity index (χ4v) is 28.4. The van der Waals surface area contributed by atoms with E-state index in [1.54, 1.807) is 0 Å². The van der Waals surface area contributed by atoms with E-state index >= 15 is 0 Å². The molecule has 1 aliphatic rings. The summed E-state index contributed by atoms with van der Waals surface area (Å²) < 4.78 is 15.4. The van der Waals surface area contributed by atoms with E-state index in [0.717, 1.165) is 0 Å². The number of nitrogens with one attached hydrogen (secondary N) is 3. The van der Waals surface area contributed by atoms with Crippen LogP contribution in [0.1, 0.15) is 20.8 Å². The SMILES string of the molecule is C=C[Si]1(C)N[Si](C)(C#[C][Ge]([CH2]C)([CH2]C)[CH2]C)N[Si](C)(C=C)N1. The van der Waals surface area contributed by atoms with Crippen molar-refractivity contribution in [2.45, 2.75) is 56.2 Å². The van der Waals surface area contributed by atoms with Gasteiger partial charge in [-0.15, -0.1) is 0 Å². The van der Waals surface area contributed by atoms with Crippen molar-refractivity contribution in [3.05, 3.63) is 24.6 Å². The van der Waals surface area contributed by atoms with Gasteiger partial charge >= 0.3 is 143 Å². The molecule has 124 valence electrons. The molecule has 3 nitrogen and oxygen atoms in total. The molecule has 1 heterocycles. The second-order valence-corrected chi connectivity index (χ2v) is 28.4. The third kappa shape index (κ3) is 4.57. The zero-order valence-electron chi connectivity index (χ0n) is 15.2. The van der Waals surface area contributed by atoms with Crippen LogP contribution < -0.4 is 13.9 Å². The molecule has 1 aliphatic heterocycles. The Balaban J connectivity index is 3.21. The van der Waals surface area contributed by atoms with Gasteiger partial charge in [0.1, 0.15) is 0 Å². The normalized spacial score (nSPS) is 35.4. The van der Waals surface area contributed by atoms with Gasteiger partial charge in [-0.25, -0.2) is 0 Å². The molecule has 1 saturated heterocycles. The van der Waals surface area contributed by atoms with Gasteiger partial charge in [0.15, 0.2) is 0 Å². The Labute approximate surface area is 143 Å². The van der Waals surface area contributed by atoms with Crippen molar-refractivity contribution >= 4 is 38.5 Å². The van der Waals surface area contributed by atoms with Crippen molar-refractivity contribution < 1.29 is 0 Å². The van der Waals surface area contributed by atoms with Crippen LogP contribution in [0.15, 0.2) is 24.6 Å². The number of rotatable bonds is 5. The molecule has 1 fully saturated rings. The second kappa shape index (κ2) is 7.34. The predicted octanol–water partition coefficient (Wildman–Crippen LogP) is 3.03. The molecule has 22 heavy (non-hydrogen) atoms. The van der Waals surface area contributed by atoms with Crippen molar-refractivity contribution in [1.82, 2.24) is 13.9 Å². The number of hydrogen-bond acceptors (Lipinski definition) is 3. The van der Waals surface area contributed by atoms with Gasteiger partial charge in [0.2, 0.25) is 0 Å². The molecule has 0 radical (unpaired) electrons. The minimum absolute atomic E-state index is 1.30. The summed E-state index contributed by atoms with van der Waals surface area (Å²) >= 11 is -1.96. The Bertz CT molecular complexity index is 468. The Morgan fingerprint density at radius 3 is 1.59 bits per heavy atom. The average molecular weight is 412 g/mol. The molecule has 0 aromatic rings. The summed E-state index contributed by atoms with van der Waals surface area (Å²) in [6.07, 6.45) is 0. The first-order chi connectivity index (χ1) is 10.1. The van der Waals surface area contributed by atoms with Crippen LogP contribution in [0, 0.1) is 10.3 Å². The average Bonchev–Trinajstić information content (AvgIpc) is 2.48. The molecule has 1 rings (SSSR count). The molecular formula is C15H33GeN3Si3. The fourth-order valence-electron chi connectivity index (χ4n) is 3.21. The van der Waals surface area contributed by atoms with Crippen LogP contribution >= 0.6 is 0 Å². The molecular weight excluding hydrogens is 379 g/mol. The molecule has 7 heteroatoms. The van der Waals surface area contributed by atoms with E-state index in [0.29, 0.717) is 0 Å². The van der Waals surface area contributed by atoms with Gasteiger partial charge in [-0.1, -0.05) is 0 Å². The second-order valence-electron chi connectivity index (χ2n) is 6.90. The Kier molecular flexibility index (Phi) is 6.73. The van der Waals surface area contributed by atoms with E-state index in [1.165, 1.54) is 15.8 Å². The van der Waals surface area contributed by atoms with E-state index in [4.69, 9.17) is 0 Å². The molecule has 0 spiro atoms. The summed E-state index contributed by atoms with van der Waals surface area (Å²) in [6.45, 7) is 22.0. The monoisotopic (exact) mass is 413 g/mol. The van der Waals surface area contributed by atoms with Gasteiger partial charge < -0.3 is 0 Å². The first-order valence-corrected chi connectivity index (χ1v) is 21.5. The maximum atomic E-state index is 4.06. The van der Waals surface area contributed by atoms with E-state index in [-0.39, 0.29) is 0 Å². The van der Waals surface area contributed by atoms with Crippen molar-refractivity contribution in [2.75, 3.05) is 0 Å². The van der Waals surface area contributed by atoms with Crippen LogP contribution in [0.25, 0.3) is 0 Å². The summed E-state index contributed by atoms with van der Waals surface area (Å²) in [7, 11) is -5.72. The van der Waals surface area contributed by atoms with Crippen LogP contribution in [0.3, 0.4) is 0 Å². The van der Waals surface area contributed by atoms with Crippen molar-refractivity contribution in [3.63, 3.8) is 0 Å². The molecule has 0 amide bonds. The van der Waals surface area contributed by atoms with Gasteiger partial charge in [-0.2, -0.15) is 0 Å². The van der Waals surface area contributed by atoms with Crippen LogP contribution in [0.4, 0.5) is 0 Å². The van der Waals surface area contributed by atoms with E-state index in [9.17, 15) is 0 Å². The van der Waals surface area contributed by atoms with Crippen LogP contribution in [0.2, 0.25) is 35.4 Å². The quantitative estimate of drug-likeness (QED) is 0.480. The van der Waals surface area contributed by atoms with Crippen molar-refractivity contribution in [1.29, 1.82) is 0 Å². The standard InChI is InChI=1S/C15H33GeN3Si3/c1-9-16(10-2,11-3)14-15-22(8)18-20(6,12-4)17-21(7,13-5)19-22/h12-13,17-19H,4-5,9-11H2,1-3,6-8H3. The summed E-state index contributed by atoms with van der Waals surface area (Å²) in [4.78, 5) is 0. The Hall–Kier alpha value is 0.114. The van der Waals surface area contributed by atoms with Gasteiger partial charge in [-0.05, 0) is 0 Å². The zero-order chi connectivity index (χ0) is 17.1. The van der Waals surface area contributed by atoms with Crippen LogP contribution in [-0.4, -0.2) is 38.5 Å². The van der Waals surface area contributed by atoms with Gasteiger partial charge in [0, 0.05) is 0 Å². The topological polar surface area (TPSA) is 36.1 Å². The summed E-state index contributed by atoms with van der Waals surface area (Å²) in [5.41, 5.74) is 7.96. The molecule has 0 aliphatic carbocycles. The number of hydrogen-bond donors (Lipinski definition) is 3. The molecule has 0 bridgehead atoms. The first kappa shape index (κ1) is 20.2. The van der Waals surface area contributed by atoms with Crippen molar-refractivity contribution in [2.24, 2.45) is 0 Å². The Morgan fingerprint density at radius 1 is 0.864 bits per heavy atom. The molecule has 0 saturated carbocycles. The van der Waals surface area contributed by atoms with Crippen LogP contribution in [-0.2, 0) is 0 Å². The van der Waals surface area contributed by atoms with E-state index < -0.39 is 38.5 Å². The molecule has 2 atom stereocenters. The first-order valence-electron chi connectivity index (χ1n) is 8.33. The molecule has 2 unspecified atom stereocenters. The summed E-state index contributed by atoms with van der Waals surface area (Å²) in [5.74, 6) is 0.